The Bertz CT molecular complexity index is 190. The Morgan fingerprint density at radius 3 is 3.33 bits per heavy atom. The van der Waals surface area contributed by atoms with Crippen molar-refractivity contribution >= 4 is 6.47 Å². The Labute approximate surface area is 70.9 Å². The molecule has 12 heavy (non-hydrogen) atoms. The molecule has 0 amide bonds. The van der Waals surface area contributed by atoms with Gasteiger partial charge in [-0.25, -0.2) is 0 Å². The van der Waals surface area contributed by atoms with E-state index in [0.717, 1.165) is 6.54 Å². The molecule has 1 unspecified atom stereocenters. The lowest BCUT2D eigenvalue weighted by atomic mass is 10.2. The molecule has 1 aliphatic rings. The maximum atomic E-state index is 9.99. The summed E-state index contributed by atoms with van der Waals surface area (Å²) in [5.74, 6) is 0. The summed E-state index contributed by atoms with van der Waals surface area (Å²) < 4.78 is 0. The van der Waals surface area contributed by atoms with Gasteiger partial charge in [0, 0.05) is 19.1 Å². The molecule has 1 heterocycles. The molecule has 1 atom stereocenters. The maximum Gasteiger partial charge on any atom is 0.312 e. The SMILES string of the molecule is N#CCC1CN(OC=O)CCN1. The van der Waals surface area contributed by atoms with Crippen LogP contribution in [-0.4, -0.2) is 37.2 Å². The highest BCUT2D eigenvalue weighted by Crippen LogP contribution is 2.01. The van der Waals surface area contributed by atoms with Gasteiger partial charge >= 0.3 is 6.47 Å². The first kappa shape index (κ1) is 8.97. The van der Waals surface area contributed by atoms with Gasteiger partial charge in [0.05, 0.1) is 19.0 Å². The molecule has 0 aromatic carbocycles. The Hall–Kier alpha value is -1.12. The molecular weight excluding hydrogens is 158 g/mol. The minimum atomic E-state index is 0.115. The largest absolute Gasteiger partial charge is 0.371 e. The van der Waals surface area contributed by atoms with Gasteiger partial charge in [-0.05, 0) is 0 Å². The number of hydrogen-bond donors (Lipinski definition) is 1. The van der Waals surface area contributed by atoms with Crippen LogP contribution < -0.4 is 5.32 Å². The molecule has 0 saturated carbocycles. The quantitative estimate of drug-likeness (QED) is 0.564. The van der Waals surface area contributed by atoms with E-state index in [1.165, 1.54) is 0 Å². The standard InChI is InChI=1S/C7H11N3O2/c8-2-1-7-5-10(12-6-11)4-3-9-7/h6-7,9H,1,3-5H2. The smallest absolute Gasteiger partial charge is 0.312 e. The van der Waals surface area contributed by atoms with Crippen molar-refractivity contribution in [1.82, 2.24) is 10.4 Å². The first-order valence-electron chi connectivity index (χ1n) is 3.82. The predicted octanol–water partition coefficient (Wildman–Crippen LogP) is -0.738. The Morgan fingerprint density at radius 1 is 1.83 bits per heavy atom. The lowest BCUT2D eigenvalue weighted by Crippen LogP contribution is -2.50. The second kappa shape index (κ2) is 4.70. The van der Waals surface area contributed by atoms with Crippen LogP contribution in [0.4, 0.5) is 0 Å². The van der Waals surface area contributed by atoms with Gasteiger partial charge in [-0.2, -0.15) is 5.26 Å². The third-order valence-corrected chi connectivity index (χ3v) is 1.75. The predicted molar refractivity (Wildman–Crippen MR) is 40.7 cm³/mol. The van der Waals surface area contributed by atoms with Crippen molar-refractivity contribution in [3.05, 3.63) is 0 Å². The lowest BCUT2D eigenvalue weighted by molar-refractivity contribution is -0.178. The number of hydroxylamine groups is 2. The van der Waals surface area contributed by atoms with E-state index >= 15 is 0 Å². The van der Waals surface area contributed by atoms with Gasteiger partial charge in [0.1, 0.15) is 0 Å². The highest BCUT2D eigenvalue weighted by molar-refractivity contribution is 5.36. The number of rotatable bonds is 3. The van der Waals surface area contributed by atoms with Gasteiger partial charge < -0.3 is 10.2 Å². The van der Waals surface area contributed by atoms with Gasteiger partial charge in [0.15, 0.2) is 0 Å². The first-order valence-corrected chi connectivity index (χ1v) is 3.82. The molecule has 0 radical (unpaired) electrons. The van der Waals surface area contributed by atoms with Gasteiger partial charge in [-0.15, -0.1) is 5.06 Å². The number of piperazine rings is 1. The van der Waals surface area contributed by atoms with Crippen molar-refractivity contribution in [3.8, 4) is 6.07 Å². The van der Waals surface area contributed by atoms with Gasteiger partial charge in [-0.1, -0.05) is 0 Å². The monoisotopic (exact) mass is 169 g/mol. The molecule has 1 rings (SSSR count). The molecular formula is C7H11N3O2. The topological polar surface area (TPSA) is 65.4 Å². The molecule has 0 spiro atoms. The molecule has 0 aliphatic carbocycles. The summed E-state index contributed by atoms with van der Waals surface area (Å²) >= 11 is 0. The second-order valence-corrected chi connectivity index (χ2v) is 2.60. The molecule has 1 N–H and O–H groups in total. The van der Waals surface area contributed by atoms with E-state index in [1.807, 2.05) is 0 Å². The highest BCUT2D eigenvalue weighted by atomic mass is 16.7. The van der Waals surface area contributed by atoms with Crippen molar-refractivity contribution in [1.29, 1.82) is 5.26 Å². The number of carbonyl (C=O) groups is 1. The zero-order valence-electron chi connectivity index (χ0n) is 6.69. The summed E-state index contributed by atoms with van der Waals surface area (Å²) in [6.45, 7) is 2.43. The molecule has 0 aromatic heterocycles. The number of hydrogen-bond acceptors (Lipinski definition) is 5. The van der Waals surface area contributed by atoms with Crippen molar-refractivity contribution in [2.75, 3.05) is 19.6 Å². The van der Waals surface area contributed by atoms with E-state index in [0.29, 0.717) is 26.0 Å². The molecule has 0 aromatic rings. The van der Waals surface area contributed by atoms with Gasteiger partial charge in [0.25, 0.3) is 0 Å². The average molecular weight is 169 g/mol. The van der Waals surface area contributed by atoms with Crippen molar-refractivity contribution in [2.45, 2.75) is 12.5 Å². The number of nitrogens with one attached hydrogen (secondary N) is 1. The Balaban J connectivity index is 2.30. The third-order valence-electron chi connectivity index (χ3n) is 1.75. The van der Waals surface area contributed by atoms with Crippen LogP contribution in [0.5, 0.6) is 0 Å². The Morgan fingerprint density at radius 2 is 2.67 bits per heavy atom. The summed E-state index contributed by atoms with van der Waals surface area (Å²) in [5, 5.41) is 13.1. The number of nitriles is 1. The van der Waals surface area contributed by atoms with Crippen LogP contribution in [-0.2, 0) is 9.63 Å². The van der Waals surface area contributed by atoms with Crippen molar-refractivity contribution < 1.29 is 9.63 Å². The molecule has 66 valence electrons. The number of carbonyl (C=O) groups excluding carboxylic acids is 1. The van der Waals surface area contributed by atoms with Crippen LogP contribution >= 0.6 is 0 Å². The van der Waals surface area contributed by atoms with Crippen LogP contribution in [0.3, 0.4) is 0 Å². The normalized spacial score (nSPS) is 24.4. The van der Waals surface area contributed by atoms with Crippen molar-refractivity contribution in [2.24, 2.45) is 0 Å². The third kappa shape index (κ3) is 2.49. The van der Waals surface area contributed by atoms with Gasteiger partial charge in [-0.3, -0.25) is 4.79 Å². The number of nitrogens with zero attached hydrogens (tertiary/aromatic N) is 2. The molecule has 5 nitrogen and oxygen atoms in total. The van der Waals surface area contributed by atoms with E-state index in [2.05, 4.69) is 16.2 Å². The van der Waals surface area contributed by atoms with Crippen LogP contribution in [0, 0.1) is 11.3 Å². The summed E-state index contributed by atoms with van der Waals surface area (Å²) in [7, 11) is 0. The molecule has 1 aliphatic heterocycles. The zero-order valence-corrected chi connectivity index (χ0v) is 6.69. The van der Waals surface area contributed by atoms with E-state index < -0.39 is 0 Å². The van der Waals surface area contributed by atoms with Crippen LogP contribution in [0.1, 0.15) is 6.42 Å². The van der Waals surface area contributed by atoms with Crippen LogP contribution in [0.2, 0.25) is 0 Å². The summed E-state index contributed by atoms with van der Waals surface area (Å²) in [6, 6.07) is 2.18. The zero-order chi connectivity index (χ0) is 8.81. The fourth-order valence-corrected chi connectivity index (χ4v) is 1.20. The Kier molecular flexibility index (Phi) is 3.51. The fraction of sp³-hybridized carbons (Fsp3) is 0.714. The second-order valence-electron chi connectivity index (χ2n) is 2.60. The maximum absolute atomic E-state index is 9.99. The molecule has 5 heteroatoms. The van der Waals surface area contributed by atoms with Gasteiger partial charge in [0.2, 0.25) is 0 Å². The summed E-state index contributed by atoms with van der Waals surface area (Å²) in [6.07, 6.45) is 0.443. The lowest BCUT2D eigenvalue weighted by Gasteiger charge is -2.29. The molecule has 1 saturated heterocycles. The molecule has 0 bridgehead atoms. The molecule has 1 fully saturated rings. The summed E-state index contributed by atoms with van der Waals surface area (Å²) in [4.78, 5) is 14.7. The van der Waals surface area contributed by atoms with E-state index in [1.54, 1.807) is 5.06 Å². The first-order chi connectivity index (χ1) is 5.86. The van der Waals surface area contributed by atoms with Crippen molar-refractivity contribution in [3.63, 3.8) is 0 Å². The van der Waals surface area contributed by atoms with E-state index in [9.17, 15) is 4.79 Å². The van der Waals surface area contributed by atoms with Crippen LogP contribution in [0.15, 0.2) is 0 Å². The summed E-state index contributed by atoms with van der Waals surface area (Å²) in [5.41, 5.74) is 0. The van der Waals surface area contributed by atoms with E-state index in [-0.39, 0.29) is 6.04 Å². The minimum Gasteiger partial charge on any atom is -0.371 e. The van der Waals surface area contributed by atoms with E-state index in [4.69, 9.17) is 5.26 Å². The van der Waals surface area contributed by atoms with Crippen LogP contribution in [0.25, 0.3) is 0 Å². The highest BCUT2D eigenvalue weighted by Gasteiger charge is 2.19. The average Bonchev–Trinajstić information content (AvgIpc) is 2.06. The minimum absolute atomic E-state index is 0.115. The fourth-order valence-electron chi connectivity index (χ4n) is 1.20.